The fourth-order valence-electron chi connectivity index (χ4n) is 2.48. The van der Waals surface area contributed by atoms with Crippen molar-refractivity contribution < 1.29 is 17.9 Å². The molecule has 0 bridgehead atoms. The highest BCUT2D eigenvalue weighted by Gasteiger charge is 2.27. The summed E-state index contributed by atoms with van der Waals surface area (Å²) in [5.41, 5.74) is 0.923. The maximum atomic E-state index is 12.6. The van der Waals surface area contributed by atoms with E-state index in [-0.39, 0.29) is 5.75 Å². The van der Waals surface area contributed by atoms with Crippen LogP contribution in [-0.4, -0.2) is 21.5 Å². The van der Waals surface area contributed by atoms with Gasteiger partial charge in [-0.15, -0.1) is 0 Å². The first-order valence-corrected chi connectivity index (χ1v) is 10.0. The Kier molecular flexibility index (Phi) is 6.03. The molecule has 0 atom stereocenters. The quantitative estimate of drug-likeness (QED) is 0.717. The van der Waals surface area contributed by atoms with Crippen molar-refractivity contribution in [3.8, 4) is 0 Å². The van der Waals surface area contributed by atoms with E-state index < -0.39 is 21.5 Å². The van der Waals surface area contributed by atoms with Gasteiger partial charge in [-0.2, -0.15) is 0 Å². The number of ether oxygens (including phenoxy) is 1. The van der Waals surface area contributed by atoms with Crippen molar-refractivity contribution in [1.82, 2.24) is 4.72 Å². The van der Waals surface area contributed by atoms with Crippen molar-refractivity contribution in [2.45, 2.75) is 25.1 Å². The second kappa shape index (κ2) is 7.68. The number of carbonyl (C=O) groups is 1. The van der Waals surface area contributed by atoms with E-state index in [9.17, 15) is 13.2 Å². The van der Waals surface area contributed by atoms with Crippen LogP contribution in [0.2, 0.25) is 0 Å². The first kappa shape index (κ1) is 19.6. The SMILES string of the molecule is COC(=O)c1cccc(CS(=O)(=O)NC(C)(C)c2ccc(Br)cc2)c1. The Morgan fingerprint density at radius 2 is 1.80 bits per heavy atom. The lowest BCUT2D eigenvalue weighted by atomic mass is 9.96. The minimum atomic E-state index is -3.61. The topological polar surface area (TPSA) is 72.5 Å². The van der Waals surface area contributed by atoms with Gasteiger partial charge < -0.3 is 4.74 Å². The molecule has 7 heteroatoms. The third-order valence-corrected chi connectivity index (χ3v) is 5.74. The largest absolute Gasteiger partial charge is 0.465 e. The number of hydrogen-bond donors (Lipinski definition) is 1. The summed E-state index contributed by atoms with van der Waals surface area (Å²) in [6.45, 7) is 3.61. The van der Waals surface area contributed by atoms with E-state index in [2.05, 4.69) is 25.4 Å². The molecule has 0 spiro atoms. The third-order valence-electron chi connectivity index (χ3n) is 3.68. The lowest BCUT2D eigenvalue weighted by Gasteiger charge is -2.26. The molecule has 0 aliphatic carbocycles. The monoisotopic (exact) mass is 425 g/mol. The summed E-state index contributed by atoms with van der Waals surface area (Å²) in [6.07, 6.45) is 0. The van der Waals surface area contributed by atoms with Gasteiger partial charge in [-0.1, -0.05) is 40.2 Å². The Bertz CT molecular complexity index is 861. The van der Waals surface area contributed by atoms with Crippen LogP contribution in [0.15, 0.2) is 53.0 Å². The summed E-state index contributed by atoms with van der Waals surface area (Å²) in [5.74, 6) is -0.722. The normalized spacial score (nSPS) is 12.0. The molecular weight excluding hydrogens is 406 g/mol. The van der Waals surface area contributed by atoms with E-state index in [1.807, 2.05) is 24.3 Å². The lowest BCUT2D eigenvalue weighted by molar-refractivity contribution is 0.0600. The second-order valence-electron chi connectivity index (χ2n) is 6.18. The van der Waals surface area contributed by atoms with Crippen LogP contribution >= 0.6 is 15.9 Å². The van der Waals surface area contributed by atoms with Gasteiger partial charge in [0.1, 0.15) is 0 Å². The number of hydrogen-bond acceptors (Lipinski definition) is 4. The highest BCUT2D eigenvalue weighted by Crippen LogP contribution is 2.24. The molecule has 0 aliphatic heterocycles. The molecule has 0 amide bonds. The van der Waals surface area contributed by atoms with Crippen LogP contribution in [0.4, 0.5) is 0 Å². The van der Waals surface area contributed by atoms with Crippen LogP contribution in [0, 0.1) is 0 Å². The zero-order valence-electron chi connectivity index (χ0n) is 14.2. The molecule has 2 rings (SSSR count). The predicted molar refractivity (Wildman–Crippen MR) is 101 cm³/mol. The summed E-state index contributed by atoms with van der Waals surface area (Å²) in [6, 6.07) is 13.9. The van der Waals surface area contributed by atoms with Gasteiger partial charge in [0.2, 0.25) is 10.0 Å². The van der Waals surface area contributed by atoms with Gasteiger partial charge in [0.05, 0.1) is 24.0 Å². The fraction of sp³-hybridized carbons (Fsp3) is 0.278. The van der Waals surface area contributed by atoms with Crippen molar-refractivity contribution in [2.24, 2.45) is 0 Å². The molecule has 2 aromatic carbocycles. The van der Waals surface area contributed by atoms with Crippen molar-refractivity contribution in [2.75, 3.05) is 7.11 Å². The smallest absolute Gasteiger partial charge is 0.337 e. The first-order chi connectivity index (χ1) is 11.6. The molecule has 1 N–H and O–H groups in total. The number of nitrogens with one attached hydrogen (secondary N) is 1. The van der Waals surface area contributed by atoms with Gasteiger partial charge in [-0.25, -0.2) is 17.9 Å². The van der Waals surface area contributed by atoms with Gasteiger partial charge in [-0.3, -0.25) is 0 Å². The Morgan fingerprint density at radius 3 is 2.40 bits per heavy atom. The van der Waals surface area contributed by atoms with Crippen LogP contribution in [0.5, 0.6) is 0 Å². The molecule has 0 aliphatic rings. The maximum absolute atomic E-state index is 12.6. The van der Waals surface area contributed by atoms with E-state index >= 15 is 0 Å². The second-order valence-corrected chi connectivity index (χ2v) is 8.82. The molecule has 5 nitrogen and oxygen atoms in total. The van der Waals surface area contributed by atoms with Gasteiger partial charge in [0, 0.05) is 4.47 Å². The molecular formula is C18H20BrNO4S. The molecule has 0 radical (unpaired) electrons. The van der Waals surface area contributed by atoms with Crippen LogP contribution in [0.25, 0.3) is 0 Å². The molecule has 134 valence electrons. The van der Waals surface area contributed by atoms with Crippen molar-refractivity contribution in [3.05, 3.63) is 69.7 Å². The first-order valence-electron chi connectivity index (χ1n) is 7.58. The van der Waals surface area contributed by atoms with Gasteiger partial charge in [0.15, 0.2) is 0 Å². The van der Waals surface area contributed by atoms with Crippen LogP contribution < -0.4 is 4.72 Å². The van der Waals surface area contributed by atoms with Crippen LogP contribution in [0.3, 0.4) is 0 Å². The van der Waals surface area contributed by atoms with Crippen LogP contribution in [-0.2, 0) is 26.1 Å². The average Bonchev–Trinajstić information content (AvgIpc) is 2.53. The Balaban J connectivity index is 2.19. The number of carbonyl (C=O) groups excluding carboxylic acids is 1. The molecule has 25 heavy (non-hydrogen) atoms. The minimum Gasteiger partial charge on any atom is -0.465 e. The number of benzene rings is 2. The van der Waals surface area contributed by atoms with Crippen molar-refractivity contribution in [3.63, 3.8) is 0 Å². The number of halogens is 1. The Hall–Kier alpha value is -1.70. The van der Waals surface area contributed by atoms with E-state index in [4.69, 9.17) is 0 Å². The van der Waals surface area contributed by atoms with Gasteiger partial charge in [-0.05, 0) is 49.2 Å². The highest BCUT2D eigenvalue weighted by atomic mass is 79.9. The molecule has 0 unspecified atom stereocenters. The zero-order valence-corrected chi connectivity index (χ0v) is 16.6. The summed E-state index contributed by atoms with van der Waals surface area (Å²) >= 11 is 3.37. The summed E-state index contributed by atoms with van der Waals surface area (Å²) in [4.78, 5) is 11.6. The predicted octanol–water partition coefficient (Wildman–Crippen LogP) is 3.59. The zero-order chi connectivity index (χ0) is 18.7. The van der Waals surface area contributed by atoms with Crippen LogP contribution in [0.1, 0.15) is 35.3 Å². The third kappa shape index (κ3) is 5.39. The Morgan fingerprint density at radius 1 is 1.16 bits per heavy atom. The van der Waals surface area contributed by atoms with E-state index in [1.165, 1.54) is 13.2 Å². The minimum absolute atomic E-state index is 0.224. The summed E-state index contributed by atoms with van der Waals surface area (Å²) in [5, 5.41) is 0. The lowest BCUT2D eigenvalue weighted by Crippen LogP contribution is -2.41. The molecule has 0 saturated carbocycles. The number of sulfonamides is 1. The number of rotatable bonds is 6. The highest BCUT2D eigenvalue weighted by molar-refractivity contribution is 9.10. The van der Waals surface area contributed by atoms with Crippen molar-refractivity contribution >= 4 is 31.9 Å². The van der Waals surface area contributed by atoms with E-state index in [0.717, 1.165) is 10.0 Å². The standard InChI is InChI=1S/C18H20BrNO4S/c1-18(2,15-7-9-16(19)10-8-15)20-25(22,23)12-13-5-4-6-14(11-13)17(21)24-3/h4-11,20H,12H2,1-3H3. The molecule has 0 aromatic heterocycles. The van der Waals surface area contributed by atoms with Gasteiger partial charge in [0.25, 0.3) is 0 Å². The van der Waals surface area contributed by atoms with Gasteiger partial charge >= 0.3 is 5.97 Å². The molecule has 0 heterocycles. The molecule has 0 fully saturated rings. The fourth-order valence-corrected chi connectivity index (χ4v) is 4.33. The Labute approximate surface area is 156 Å². The summed E-state index contributed by atoms with van der Waals surface area (Å²) in [7, 11) is -2.33. The molecule has 0 saturated heterocycles. The molecule has 2 aromatic rings. The van der Waals surface area contributed by atoms with E-state index in [0.29, 0.717) is 11.1 Å². The maximum Gasteiger partial charge on any atom is 0.337 e. The van der Waals surface area contributed by atoms with E-state index in [1.54, 1.807) is 32.0 Å². The number of methoxy groups -OCH3 is 1. The average molecular weight is 426 g/mol. The number of esters is 1. The summed E-state index contributed by atoms with van der Waals surface area (Å²) < 4.78 is 33.4. The van der Waals surface area contributed by atoms with Crippen molar-refractivity contribution in [1.29, 1.82) is 0 Å².